The van der Waals surface area contributed by atoms with Crippen molar-refractivity contribution < 1.29 is 19.1 Å². The molecule has 0 bridgehead atoms. The summed E-state index contributed by atoms with van der Waals surface area (Å²) in [6.07, 6.45) is 3.33. The van der Waals surface area contributed by atoms with Crippen LogP contribution in [0.5, 0.6) is 5.75 Å². The van der Waals surface area contributed by atoms with Crippen LogP contribution in [0.15, 0.2) is 35.7 Å². The molecule has 1 aliphatic carbocycles. The van der Waals surface area contributed by atoms with Gasteiger partial charge in [0.15, 0.2) is 13.2 Å². The highest BCUT2D eigenvalue weighted by molar-refractivity contribution is 7.09. The number of carbonyl (C=O) groups is 2. The van der Waals surface area contributed by atoms with Gasteiger partial charge in [0.1, 0.15) is 5.75 Å². The summed E-state index contributed by atoms with van der Waals surface area (Å²) in [5, 5.41) is 4.64. The van der Waals surface area contributed by atoms with Crippen molar-refractivity contribution in [1.29, 1.82) is 0 Å². The summed E-state index contributed by atoms with van der Waals surface area (Å²) in [7, 11) is 0. The van der Waals surface area contributed by atoms with E-state index in [9.17, 15) is 9.59 Å². The average Bonchev–Trinajstić information content (AvgIpc) is 3.26. The van der Waals surface area contributed by atoms with Gasteiger partial charge in [-0.1, -0.05) is 12.1 Å². The number of ether oxygens (including phenoxy) is 2. The Bertz CT molecular complexity index is 712. The number of fused-ring (bicyclic) bond motifs is 1. The molecule has 1 heterocycles. The van der Waals surface area contributed by atoms with Crippen molar-refractivity contribution >= 4 is 23.2 Å². The van der Waals surface area contributed by atoms with Gasteiger partial charge in [-0.15, -0.1) is 11.3 Å². The van der Waals surface area contributed by atoms with Crippen LogP contribution in [0.4, 0.5) is 0 Å². The molecule has 0 saturated heterocycles. The van der Waals surface area contributed by atoms with Gasteiger partial charge in [0, 0.05) is 4.88 Å². The van der Waals surface area contributed by atoms with Gasteiger partial charge in [-0.25, -0.2) is 4.79 Å². The smallest absolute Gasteiger partial charge is 0.344 e. The molecule has 3 rings (SSSR count). The summed E-state index contributed by atoms with van der Waals surface area (Å²) in [6, 6.07) is 9.74. The molecule has 0 saturated carbocycles. The largest absolute Gasteiger partial charge is 0.482 e. The van der Waals surface area contributed by atoms with Gasteiger partial charge < -0.3 is 14.8 Å². The number of esters is 1. The first kappa shape index (κ1) is 16.5. The van der Waals surface area contributed by atoms with E-state index in [1.807, 2.05) is 35.7 Å². The van der Waals surface area contributed by atoms with Crippen molar-refractivity contribution in [2.75, 3.05) is 13.2 Å². The third kappa shape index (κ3) is 4.58. The molecule has 1 N–H and O–H groups in total. The Morgan fingerprint density at radius 2 is 2.00 bits per heavy atom. The van der Waals surface area contributed by atoms with Crippen LogP contribution in [0.3, 0.4) is 0 Å². The summed E-state index contributed by atoms with van der Waals surface area (Å²) >= 11 is 1.56. The van der Waals surface area contributed by atoms with E-state index in [-0.39, 0.29) is 19.1 Å². The first-order valence-corrected chi connectivity index (χ1v) is 8.78. The molecule has 1 aromatic carbocycles. The van der Waals surface area contributed by atoms with Crippen LogP contribution in [0.1, 0.15) is 22.4 Å². The maximum Gasteiger partial charge on any atom is 0.344 e. The number of thiophene rings is 1. The highest BCUT2D eigenvalue weighted by atomic mass is 32.1. The quantitative estimate of drug-likeness (QED) is 0.783. The molecule has 0 unspecified atom stereocenters. The van der Waals surface area contributed by atoms with Gasteiger partial charge >= 0.3 is 5.97 Å². The lowest BCUT2D eigenvalue weighted by Crippen LogP contribution is -2.29. The lowest BCUT2D eigenvalue weighted by Gasteiger charge is -2.08. The highest BCUT2D eigenvalue weighted by Gasteiger charge is 2.13. The summed E-state index contributed by atoms with van der Waals surface area (Å²) in [4.78, 5) is 24.3. The Morgan fingerprint density at radius 3 is 2.83 bits per heavy atom. The van der Waals surface area contributed by atoms with Gasteiger partial charge in [0.2, 0.25) is 0 Å². The zero-order chi connectivity index (χ0) is 16.8. The second kappa shape index (κ2) is 7.97. The van der Waals surface area contributed by atoms with Crippen molar-refractivity contribution in [3.05, 3.63) is 51.7 Å². The Morgan fingerprint density at radius 1 is 1.12 bits per heavy atom. The molecular weight excluding hydrogens is 326 g/mol. The minimum absolute atomic E-state index is 0.197. The molecule has 1 aliphatic rings. The molecule has 2 aromatic rings. The zero-order valence-corrected chi connectivity index (χ0v) is 14.1. The SMILES string of the molecule is O=C(COC(=O)COc1ccc2c(c1)CCC2)NCc1cccs1. The van der Waals surface area contributed by atoms with E-state index in [1.165, 1.54) is 17.5 Å². The maximum absolute atomic E-state index is 11.7. The van der Waals surface area contributed by atoms with Gasteiger partial charge in [0.05, 0.1) is 6.54 Å². The van der Waals surface area contributed by atoms with Crippen LogP contribution in [-0.2, 0) is 33.7 Å². The number of hydrogen-bond donors (Lipinski definition) is 1. The van der Waals surface area contributed by atoms with Gasteiger partial charge in [-0.2, -0.15) is 0 Å². The molecule has 1 amide bonds. The van der Waals surface area contributed by atoms with E-state index in [4.69, 9.17) is 9.47 Å². The topological polar surface area (TPSA) is 64.6 Å². The number of aryl methyl sites for hydroxylation is 2. The molecule has 126 valence electrons. The van der Waals surface area contributed by atoms with E-state index >= 15 is 0 Å². The first-order chi connectivity index (χ1) is 11.7. The van der Waals surface area contributed by atoms with Crippen molar-refractivity contribution in [3.63, 3.8) is 0 Å². The molecule has 0 radical (unpaired) electrons. The average molecular weight is 345 g/mol. The Hall–Kier alpha value is -2.34. The van der Waals surface area contributed by atoms with E-state index in [2.05, 4.69) is 5.32 Å². The normalized spacial score (nSPS) is 12.5. The third-order valence-electron chi connectivity index (χ3n) is 3.83. The molecule has 0 atom stereocenters. The lowest BCUT2D eigenvalue weighted by molar-refractivity contribution is -0.150. The fourth-order valence-corrected chi connectivity index (χ4v) is 3.26. The summed E-state index contributed by atoms with van der Waals surface area (Å²) in [6.45, 7) is -0.0472. The van der Waals surface area contributed by atoms with Crippen molar-refractivity contribution in [1.82, 2.24) is 5.32 Å². The number of hydrogen-bond acceptors (Lipinski definition) is 5. The van der Waals surface area contributed by atoms with E-state index in [0.29, 0.717) is 12.3 Å². The standard InChI is InChI=1S/C18H19NO4S/c20-17(19-10-16-5-2-8-24-16)11-23-18(21)12-22-15-7-6-13-3-1-4-14(13)9-15/h2,5-9H,1,3-4,10-12H2,(H,19,20). The van der Waals surface area contributed by atoms with Crippen LogP contribution >= 0.6 is 11.3 Å². The Balaban J connectivity index is 1.35. The van der Waals surface area contributed by atoms with E-state index in [0.717, 1.165) is 17.7 Å². The van der Waals surface area contributed by atoms with Crippen molar-refractivity contribution in [3.8, 4) is 5.75 Å². The second-order valence-corrected chi connectivity index (χ2v) is 6.62. The van der Waals surface area contributed by atoms with Crippen LogP contribution in [0, 0.1) is 0 Å². The molecule has 0 fully saturated rings. The second-order valence-electron chi connectivity index (χ2n) is 5.59. The fourth-order valence-electron chi connectivity index (χ4n) is 2.62. The highest BCUT2D eigenvalue weighted by Crippen LogP contribution is 2.25. The number of nitrogens with one attached hydrogen (secondary N) is 1. The lowest BCUT2D eigenvalue weighted by atomic mass is 10.1. The minimum Gasteiger partial charge on any atom is -0.482 e. The molecular formula is C18H19NO4S. The third-order valence-corrected chi connectivity index (χ3v) is 4.71. The van der Waals surface area contributed by atoms with E-state index < -0.39 is 5.97 Å². The van der Waals surface area contributed by atoms with Gasteiger partial charge in [-0.3, -0.25) is 4.79 Å². The first-order valence-electron chi connectivity index (χ1n) is 7.90. The van der Waals surface area contributed by atoms with Crippen LogP contribution in [0.25, 0.3) is 0 Å². The van der Waals surface area contributed by atoms with E-state index in [1.54, 1.807) is 11.3 Å². The summed E-state index contributed by atoms with van der Waals surface area (Å²) < 4.78 is 10.4. The number of benzene rings is 1. The maximum atomic E-state index is 11.7. The number of rotatable bonds is 7. The zero-order valence-electron chi connectivity index (χ0n) is 13.2. The summed E-state index contributed by atoms with van der Waals surface area (Å²) in [5.74, 6) is -0.217. The minimum atomic E-state index is -0.554. The van der Waals surface area contributed by atoms with Crippen LogP contribution in [0.2, 0.25) is 0 Å². The van der Waals surface area contributed by atoms with Crippen LogP contribution < -0.4 is 10.1 Å². The fraction of sp³-hybridized carbons (Fsp3) is 0.333. The number of carbonyl (C=O) groups excluding carboxylic acids is 2. The molecule has 0 aliphatic heterocycles. The monoisotopic (exact) mass is 345 g/mol. The number of amides is 1. The molecule has 6 heteroatoms. The van der Waals surface area contributed by atoms with Gasteiger partial charge in [0.25, 0.3) is 5.91 Å². The van der Waals surface area contributed by atoms with Crippen LogP contribution in [-0.4, -0.2) is 25.1 Å². The van der Waals surface area contributed by atoms with Crippen molar-refractivity contribution in [2.24, 2.45) is 0 Å². The van der Waals surface area contributed by atoms with Gasteiger partial charge in [-0.05, 0) is 54.0 Å². The Labute approximate surface area is 144 Å². The Kier molecular flexibility index (Phi) is 5.48. The molecule has 0 spiro atoms. The molecule has 1 aromatic heterocycles. The predicted molar refractivity (Wildman–Crippen MR) is 91.1 cm³/mol. The summed E-state index contributed by atoms with van der Waals surface area (Å²) in [5.41, 5.74) is 2.64. The predicted octanol–water partition coefficient (Wildman–Crippen LogP) is 2.48. The molecule has 24 heavy (non-hydrogen) atoms. The van der Waals surface area contributed by atoms with Crippen molar-refractivity contribution in [2.45, 2.75) is 25.8 Å². The molecule has 5 nitrogen and oxygen atoms in total.